The molecule has 8 heteroatoms. The molecule has 1 unspecified atom stereocenters. The number of aromatic nitrogens is 2. The first kappa shape index (κ1) is 15.9. The summed E-state index contributed by atoms with van der Waals surface area (Å²) in [6.07, 6.45) is 3.34. The smallest absolute Gasteiger partial charge is 0.255 e. The van der Waals surface area contributed by atoms with Gasteiger partial charge >= 0.3 is 0 Å². The van der Waals surface area contributed by atoms with E-state index in [-0.39, 0.29) is 17.3 Å². The van der Waals surface area contributed by atoms with Gasteiger partial charge in [0.15, 0.2) is 0 Å². The highest BCUT2D eigenvalue weighted by atomic mass is 19.1. The van der Waals surface area contributed by atoms with Gasteiger partial charge in [0, 0.05) is 38.1 Å². The first-order valence-corrected chi connectivity index (χ1v) is 7.83. The minimum atomic E-state index is -0.565. The number of piperazine rings is 1. The van der Waals surface area contributed by atoms with Crippen LogP contribution < -0.4 is 15.0 Å². The molecule has 1 atom stereocenters. The zero-order valence-electron chi connectivity index (χ0n) is 13.5. The van der Waals surface area contributed by atoms with Crippen molar-refractivity contribution < 1.29 is 13.9 Å². The number of nitrogens with zero attached hydrogens (tertiary/aromatic N) is 4. The number of anilines is 1. The Labute approximate surface area is 134 Å². The zero-order valence-corrected chi connectivity index (χ0v) is 13.5. The lowest BCUT2D eigenvalue weighted by molar-refractivity contribution is -0.120. The maximum atomic E-state index is 13.5. The fraction of sp³-hybridized carbons (Fsp3) is 0.667. The standard InChI is InChI=1S/C15H22FN5O2/c1-20-7-8-21(14-18-9-11(16)13(19-14)23-2)10-15(20)4-3-12(22)17-6-5-15/h9H,3-8,10H2,1-2H3,(H,17,22). The number of amides is 1. The van der Waals surface area contributed by atoms with Crippen LogP contribution in [-0.4, -0.2) is 66.7 Å². The van der Waals surface area contributed by atoms with Gasteiger partial charge in [0.2, 0.25) is 17.7 Å². The summed E-state index contributed by atoms with van der Waals surface area (Å²) >= 11 is 0. The number of carbonyl (C=O) groups is 1. The van der Waals surface area contributed by atoms with E-state index in [1.807, 2.05) is 0 Å². The van der Waals surface area contributed by atoms with Gasteiger partial charge in [-0.2, -0.15) is 9.37 Å². The van der Waals surface area contributed by atoms with E-state index >= 15 is 0 Å². The highest BCUT2D eigenvalue weighted by Crippen LogP contribution is 2.32. The van der Waals surface area contributed by atoms with Crippen molar-refractivity contribution in [2.24, 2.45) is 0 Å². The number of hydrogen-bond donors (Lipinski definition) is 1. The van der Waals surface area contributed by atoms with Crippen LogP contribution in [0.4, 0.5) is 10.3 Å². The van der Waals surface area contributed by atoms with Crippen molar-refractivity contribution in [3.8, 4) is 5.88 Å². The fourth-order valence-corrected chi connectivity index (χ4v) is 3.41. The van der Waals surface area contributed by atoms with Crippen molar-refractivity contribution in [2.75, 3.05) is 45.2 Å². The van der Waals surface area contributed by atoms with Crippen LogP contribution in [0.2, 0.25) is 0 Å². The molecule has 2 fully saturated rings. The molecular formula is C15H22FN5O2. The van der Waals surface area contributed by atoms with Crippen LogP contribution in [0.1, 0.15) is 19.3 Å². The highest BCUT2D eigenvalue weighted by molar-refractivity contribution is 5.76. The second-order valence-corrected chi connectivity index (χ2v) is 6.19. The molecule has 0 aliphatic carbocycles. The minimum absolute atomic E-state index is 0.0410. The Bertz CT molecular complexity index is 599. The molecule has 126 valence electrons. The third-order valence-electron chi connectivity index (χ3n) is 4.91. The van der Waals surface area contributed by atoms with Crippen LogP contribution >= 0.6 is 0 Å². The van der Waals surface area contributed by atoms with Crippen LogP contribution in [0.25, 0.3) is 0 Å². The van der Waals surface area contributed by atoms with Crippen molar-refractivity contribution in [1.29, 1.82) is 0 Å². The van der Waals surface area contributed by atoms with Crippen LogP contribution in [0, 0.1) is 5.82 Å². The molecule has 3 heterocycles. The molecule has 2 aliphatic heterocycles. The predicted octanol–water partition coefficient (Wildman–Crippen LogP) is 0.415. The molecular weight excluding hydrogens is 301 g/mol. The summed E-state index contributed by atoms with van der Waals surface area (Å²) < 4.78 is 18.5. The molecule has 2 aliphatic rings. The van der Waals surface area contributed by atoms with Crippen molar-refractivity contribution in [2.45, 2.75) is 24.8 Å². The summed E-state index contributed by atoms with van der Waals surface area (Å²) in [5.74, 6) is -0.0311. The average molecular weight is 323 g/mol. The molecule has 1 amide bonds. The Kier molecular flexibility index (Phi) is 4.34. The van der Waals surface area contributed by atoms with Crippen molar-refractivity contribution >= 4 is 11.9 Å². The molecule has 1 N–H and O–H groups in total. The molecule has 7 nitrogen and oxygen atoms in total. The quantitative estimate of drug-likeness (QED) is 0.850. The maximum Gasteiger partial charge on any atom is 0.255 e. The Balaban J connectivity index is 1.83. The van der Waals surface area contributed by atoms with E-state index in [1.165, 1.54) is 7.11 Å². The lowest BCUT2D eigenvalue weighted by atomic mass is 9.86. The number of methoxy groups -OCH3 is 1. The summed E-state index contributed by atoms with van der Waals surface area (Å²) in [5.41, 5.74) is -0.0949. The van der Waals surface area contributed by atoms with Crippen LogP contribution in [0.3, 0.4) is 0 Å². The maximum absolute atomic E-state index is 13.5. The molecule has 23 heavy (non-hydrogen) atoms. The molecule has 0 radical (unpaired) electrons. The Morgan fingerprint density at radius 1 is 1.39 bits per heavy atom. The van der Waals surface area contributed by atoms with Gasteiger partial charge in [-0.1, -0.05) is 0 Å². The summed E-state index contributed by atoms with van der Waals surface area (Å²) in [5, 5.41) is 2.93. The Morgan fingerprint density at radius 2 is 2.22 bits per heavy atom. The number of nitrogens with one attached hydrogen (secondary N) is 1. The van der Waals surface area contributed by atoms with Gasteiger partial charge in [-0.15, -0.1) is 0 Å². The summed E-state index contributed by atoms with van der Waals surface area (Å²) in [6.45, 7) is 2.99. The minimum Gasteiger partial charge on any atom is -0.479 e. The van der Waals surface area contributed by atoms with Crippen molar-refractivity contribution in [3.05, 3.63) is 12.0 Å². The Morgan fingerprint density at radius 3 is 3.00 bits per heavy atom. The molecule has 2 saturated heterocycles. The second kappa shape index (κ2) is 6.27. The first-order chi connectivity index (χ1) is 11.0. The topological polar surface area (TPSA) is 70.6 Å². The lowest BCUT2D eigenvalue weighted by Crippen LogP contribution is -2.61. The monoisotopic (exact) mass is 323 g/mol. The number of rotatable bonds is 2. The predicted molar refractivity (Wildman–Crippen MR) is 83.0 cm³/mol. The number of carbonyl (C=O) groups excluding carboxylic acids is 1. The molecule has 1 aromatic heterocycles. The zero-order chi connectivity index (χ0) is 16.4. The number of likely N-dealkylation sites (N-methyl/N-ethyl adjacent to an activating group) is 1. The summed E-state index contributed by atoms with van der Waals surface area (Å²) in [4.78, 5) is 24.3. The molecule has 1 spiro atoms. The van der Waals surface area contributed by atoms with Crippen LogP contribution in [0.5, 0.6) is 5.88 Å². The van der Waals surface area contributed by atoms with Gasteiger partial charge in [-0.3, -0.25) is 9.69 Å². The van der Waals surface area contributed by atoms with Crippen LogP contribution in [-0.2, 0) is 4.79 Å². The Hall–Kier alpha value is -1.96. The molecule has 0 saturated carbocycles. The average Bonchev–Trinajstić information content (AvgIpc) is 2.73. The van der Waals surface area contributed by atoms with Gasteiger partial charge in [0.05, 0.1) is 13.3 Å². The van der Waals surface area contributed by atoms with Crippen molar-refractivity contribution in [3.63, 3.8) is 0 Å². The highest BCUT2D eigenvalue weighted by Gasteiger charge is 2.41. The van der Waals surface area contributed by atoms with E-state index in [1.54, 1.807) is 0 Å². The van der Waals surface area contributed by atoms with Gasteiger partial charge in [0.25, 0.3) is 5.88 Å². The van der Waals surface area contributed by atoms with E-state index in [2.05, 4.69) is 32.1 Å². The first-order valence-electron chi connectivity index (χ1n) is 7.83. The largest absolute Gasteiger partial charge is 0.479 e. The number of halogens is 1. The summed E-state index contributed by atoms with van der Waals surface area (Å²) in [7, 11) is 3.49. The van der Waals surface area contributed by atoms with Gasteiger partial charge in [-0.05, 0) is 19.9 Å². The molecule has 0 aromatic carbocycles. The van der Waals surface area contributed by atoms with Crippen molar-refractivity contribution in [1.82, 2.24) is 20.2 Å². The second-order valence-electron chi connectivity index (χ2n) is 6.19. The molecule has 0 bridgehead atoms. The van der Waals surface area contributed by atoms with E-state index in [0.717, 1.165) is 32.1 Å². The normalized spacial score (nSPS) is 26.0. The lowest BCUT2D eigenvalue weighted by Gasteiger charge is -2.49. The van der Waals surface area contributed by atoms with Gasteiger partial charge in [0.1, 0.15) is 0 Å². The van der Waals surface area contributed by atoms with Gasteiger partial charge < -0.3 is 15.0 Å². The molecule has 3 rings (SSSR count). The van der Waals surface area contributed by atoms with E-state index in [9.17, 15) is 9.18 Å². The SMILES string of the molecule is COc1nc(N2CCN(C)C3(CCNC(=O)CC3)C2)ncc1F. The molecule has 1 aromatic rings. The summed E-state index contributed by atoms with van der Waals surface area (Å²) in [6, 6.07) is 0. The number of hydrogen-bond acceptors (Lipinski definition) is 6. The number of ether oxygens (including phenoxy) is 1. The van der Waals surface area contributed by atoms with E-state index in [4.69, 9.17) is 4.74 Å². The van der Waals surface area contributed by atoms with Crippen LogP contribution in [0.15, 0.2) is 6.20 Å². The third-order valence-corrected chi connectivity index (χ3v) is 4.91. The van der Waals surface area contributed by atoms with E-state index in [0.29, 0.717) is 25.5 Å². The van der Waals surface area contributed by atoms with E-state index < -0.39 is 5.82 Å². The van der Waals surface area contributed by atoms with Gasteiger partial charge in [-0.25, -0.2) is 4.98 Å². The third kappa shape index (κ3) is 3.08. The fourth-order valence-electron chi connectivity index (χ4n) is 3.41.